The van der Waals surface area contributed by atoms with E-state index < -0.39 is 67.1 Å². The first-order valence-corrected chi connectivity index (χ1v) is 15.8. The fourth-order valence-corrected chi connectivity index (χ4v) is 11.7. The zero-order chi connectivity index (χ0) is 38.0. The van der Waals surface area contributed by atoms with Crippen LogP contribution in [-0.2, 0) is 5.41 Å². The molecule has 14 rings (SSSR count). The molecule has 0 atom stereocenters. The average molecular weight is 569 g/mol. The summed E-state index contributed by atoms with van der Waals surface area (Å²) in [4.78, 5) is 0. The van der Waals surface area contributed by atoms with Gasteiger partial charge in [0.2, 0.25) is 0 Å². The van der Waals surface area contributed by atoms with E-state index in [1.54, 1.807) is 0 Å². The normalized spacial score (nSPS) is 38.5. The van der Waals surface area contributed by atoms with Crippen LogP contribution in [0, 0.1) is 41.4 Å². The highest BCUT2D eigenvalue weighted by molar-refractivity contribution is 6.98. The Hall–Kier alpha value is -3.72. The molecule has 2 heterocycles. The van der Waals surface area contributed by atoms with Crippen LogP contribution in [0.15, 0.2) is 84.6 Å². The van der Waals surface area contributed by atoms with Crippen LogP contribution in [0.2, 0.25) is 0 Å². The molecule has 43 heavy (non-hydrogen) atoms. The van der Waals surface area contributed by atoms with Crippen molar-refractivity contribution in [2.75, 3.05) is 0 Å². The lowest BCUT2D eigenvalue weighted by Gasteiger charge is -2.72. The third kappa shape index (κ3) is 2.67. The van der Waals surface area contributed by atoms with Gasteiger partial charge < -0.3 is 9.47 Å². The molecule has 0 amide bonds. The minimum atomic E-state index is -1.08. The predicted octanol–water partition coefficient (Wildman–Crippen LogP) is 7.68. The molecular weight excluding hydrogens is 523 g/mol. The summed E-state index contributed by atoms with van der Waals surface area (Å²) in [5, 5.41) is -0.383. The van der Waals surface area contributed by atoms with Gasteiger partial charge in [0.25, 0.3) is 6.71 Å². The number of hydrogen-bond acceptors (Lipinski definition) is 2. The van der Waals surface area contributed by atoms with E-state index in [4.69, 9.17) is 23.2 Å². The van der Waals surface area contributed by atoms with Gasteiger partial charge in [0.1, 0.15) is 23.0 Å². The number of ether oxygens (including phenoxy) is 2. The first-order valence-electron chi connectivity index (χ1n) is 21.8. The molecule has 9 aliphatic rings. The molecule has 5 aromatic carbocycles. The monoisotopic (exact) mass is 568 g/mol. The van der Waals surface area contributed by atoms with Crippen LogP contribution in [-0.4, -0.2) is 6.71 Å². The third-order valence-corrected chi connectivity index (χ3v) is 13.0. The second-order valence-corrected chi connectivity index (χ2v) is 14.5. The molecule has 8 bridgehead atoms. The summed E-state index contributed by atoms with van der Waals surface area (Å²) in [6.07, 6.45) is 7.19. The van der Waals surface area contributed by atoms with Crippen molar-refractivity contribution in [2.45, 2.75) is 43.9 Å². The summed E-state index contributed by atoms with van der Waals surface area (Å²) >= 11 is 0. The Balaban J connectivity index is 1.18. The fraction of sp³-hybridized carbons (Fsp3) is 0.350. The Kier molecular flexibility index (Phi) is 2.59. The molecule has 7 fully saturated rings. The average Bonchev–Trinajstić information content (AvgIpc) is 3.18. The highest BCUT2D eigenvalue weighted by Crippen LogP contribution is 2.74. The zero-order valence-electron chi connectivity index (χ0n) is 35.3. The summed E-state index contributed by atoms with van der Waals surface area (Å²) in [7, 11) is 0. The smallest absolute Gasteiger partial charge is 0.260 e. The lowest BCUT2D eigenvalue weighted by atomic mass is 9.32. The molecule has 0 spiro atoms. The number of fused-ring (bicyclic) bond motifs is 8. The van der Waals surface area contributed by atoms with E-state index in [-0.39, 0.29) is 61.5 Å². The molecule has 0 unspecified atom stereocenters. The first-order chi connectivity index (χ1) is 26.2. The molecule has 5 aromatic rings. The van der Waals surface area contributed by atoms with Crippen LogP contribution in [0.4, 0.5) is 0 Å². The first kappa shape index (κ1) is 14.8. The summed E-state index contributed by atoms with van der Waals surface area (Å²) in [5.74, 6) is 5.86. The molecule has 3 heteroatoms. The van der Waals surface area contributed by atoms with Crippen molar-refractivity contribution in [2.24, 2.45) is 41.4 Å². The van der Waals surface area contributed by atoms with Gasteiger partial charge in [-0.2, -0.15) is 0 Å². The van der Waals surface area contributed by atoms with Crippen LogP contribution in [0.1, 0.15) is 60.5 Å². The van der Waals surface area contributed by atoms with Gasteiger partial charge in [0.05, 0.1) is 16.4 Å². The van der Waals surface area contributed by atoms with E-state index in [0.29, 0.717) is 34.7 Å². The Morgan fingerprint density at radius 1 is 0.605 bits per heavy atom. The lowest BCUT2D eigenvalue weighted by molar-refractivity contribution is -0.212. The molecule has 2 aliphatic heterocycles. The zero-order valence-corrected chi connectivity index (χ0v) is 23.3. The maximum atomic E-state index is 9.40. The lowest BCUT2D eigenvalue weighted by Crippen LogP contribution is -2.66. The molecule has 7 aliphatic carbocycles. The van der Waals surface area contributed by atoms with Crippen molar-refractivity contribution in [3.05, 3.63) is 90.2 Å². The molecule has 2 nitrogen and oxygen atoms in total. The Morgan fingerprint density at radius 2 is 1.09 bits per heavy atom. The van der Waals surface area contributed by atoms with Crippen molar-refractivity contribution >= 4 is 44.6 Å². The standard InChI is InChI=1S/C40H33BO2/c1-3-7-25-22(5-1)9-11-33-38(25)42-35-16-24(40-18-30-27-13-21-14-28(30)32(20-40)29(15-21)31(27)19-40)17-36-37(35)41(33)34-12-10-23-6-2-4-8-26(23)39(34)43-36/h1-12,16-17,21,27-32H,13-15,18-20H2/i1D,2D,3D,4D,5D,6D,7D,8D,9D,10D,11D,12D. The minimum absolute atomic E-state index is 0.0157. The number of hydrogen-bond donors (Lipinski definition) is 0. The number of rotatable bonds is 1. The Morgan fingerprint density at radius 3 is 1.60 bits per heavy atom. The van der Waals surface area contributed by atoms with Crippen molar-refractivity contribution in [1.82, 2.24) is 0 Å². The van der Waals surface area contributed by atoms with Gasteiger partial charge in [-0.05, 0) is 125 Å². The second-order valence-electron chi connectivity index (χ2n) is 14.5. The molecule has 0 aromatic heterocycles. The van der Waals surface area contributed by atoms with E-state index in [1.807, 2.05) is 12.1 Å². The van der Waals surface area contributed by atoms with Gasteiger partial charge in [-0.3, -0.25) is 0 Å². The van der Waals surface area contributed by atoms with Crippen molar-refractivity contribution in [3.8, 4) is 23.0 Å². The molecule has 7 saturated carbocycles. The van der Waals surface area contributed by atoms with Crippen LogP contribution in [0.3, 0.4) is 0 Å². The Labute approximate surface area is 269 Å². The summed E-state index contributed by atoms with van der Waals surface area (Å²) in [6.45, 7) is -1.08. The molecular formula is C40H33BO2. The van der Waals surface area contributed by atoms with Crippen LogP contribution in [0.25, 0.3) is 21.5 Å². The van der Waals surface area contributed by atoms with Crippen molar-refractivity contribution < 1.29 is 25.9 Å². The predicted molar refractivity (Wildman–Crippen MR) is 173 cm³/mol. The quantitative estimate of drug-likeness (QED) is 0.189. The molecule has 0 N–H and O–H groups in total. The maximum Gasteiger partial charge on any atom is 0.260 e. The van der Waals surface area contributed by atoms with Gasteiger partial charge in [-0.25, -0.2) is 0 Å². The highest BCUT2D eigenvalue weighted by Gasteiger charge is 2.67. The maximum absolute atomic E-state index is 9.40. The van der Waals surface area contributed by atoms with Crippen molar-refractivity contribution in [3.63, 3.8) is 0 Å². The van der Waals surface area contributed by atoms with Crippen LogP contribution < -0.4 is 25.9 Å². The topological polar surface area (TPSA) is 18.5 Å². The van der Waals surface area contributed by atoms with E-state index in [0.717, 1.165) is 48.5 Å². The minimum Gasteiger partial charge on any atom is -0.458 e. The molecule has 0 saturated heterocycles. The van der Waals surface area contributed by atoms with Gasteiger partial charge in [-0.1, -0.05) is 72.5 Å². The van der Waals surface area contributed by atoms with E-state index in [9.17, 15) is 2.74 Å². The van der Waals surface area contributed by atoms with E-state index >= 15 is 0 Å². The summed E-state index contributed by atoms with van der Waals surface area (Å²) in [6, 6.07) is -1.36. The van der Waals surface area contributed by atoms with E-state index in [1.165, 1.54) is 19.3 Å². The van der Waals surface area contributed by atoms with Gasteiger partial charge in [0, 0.05) is 16.2 Å². The van der Waals surface area contributed by atoms with Gasteiger partial charge in [-0.15, -0.1) is 0 Å². The molecule has 208 valence electrons. The third-order valence-electron chi connectivity index (χ3n) is 13.0. The second kappa shape index (κ2) is 7.49. The SMILES string of the molecule is [2H]c1c([2H])c([2H])c2c3c(c([2H])c([2H])c2c1[2H])B1c2c(cc(C45CC6C7CC8CC6C(C4)C(C8)C7C5)cc2Oc2c1c([2H])c([2H])c1c([2H])c([2H])c([2H])c([2H])c21)O3. The van der Waals surface area contributed by atoms with Gasteiger partial charge >= 0.3 is 0 Å². The van der Waals surface area contributed by atoms with Gasteiger partial charge in [0.15, 0.2) is 0 Å². The highest BCUT2D eigenvalue weighted by atomic mass is 16.5. The number of benzene rings is 5. The largest absolute Gasteiger partial charge is 0.458 e. The fourth-order valence-electron chi connectivity index (χ4n) is 11.7. The summed E-state index contributed by atoms with van der Waals surface area (Å²) in [5.41, 5.74) is 1.54. The van der Waals surface area contributed by atoms with Crippen LogP contribution >= 0.6 is 0 Å². The van der Waals surface area contributed by atoms with Crippen LogP contribution in [0.5, 0.6) is 23.0 Å². The Bertz CT molecular complexity index is 2530. The summed E-state index contributed by atoms with van der Waals surface area (Å²) < 4.78 is 120. The van der Waals surface area contributed by atoms with Crippen molar-refractivity contribution in [1.29, 1.82) is 0 Å². The molecule has 0 radical (unpaired) electrons. The van der Waals surface area contributed by atoms with E-state index in [2.05, 4.69) is 0 Å².